The number of benzene rings is 1. The Hall–Kier alpha value is -0.367. The second-order valence-electron chi connectivity index (χ2n) is 5.89. The second kappa shape index (κ2) is 5.31. The predicted molar refractivity (Wildman–Crippen MR) is 76.2 cm³/mol. The van der Waals surface area contributed by atoms with Crippen LogP contribution in [0.4, 0.5) is 0 Å². The van der Waals surface area contributed by atoms with E-state index in [1.807, 2.05) is 0 Å². The molecule has 0 fully saturated rings. The predicted octanol–water partition coefficient (Wildman–Crippen LogP) is 3.18. The first kappa shape index (κ1) is 13.7. The van der Waals surface area contributed by atoms with Crippen LogP contribution in [0.15, 0.2) is 12.1 Å². The Bertz CT molecular complexity index is 371. The Balaban J connectivity index is 2.90. The summed E-state index contributed by atoms with van der Waals surface area (Å²) >= 11 is -0.0604. The Morgan fingerprint density at radius 3 is 2.00 bits per heavy atom. The minimum atomic E-state index is -0.0604. The van der Waals surface area contributed by atoms with E-state index in [1.54, 1.807) is 4.40 Å². The SMILES string of the molecule is Cc1cc(C)[c]([Ge]=[CH]CC(C)(C)C)c(C)c1. The molecule has 87 valence electrons. The van der Waals surface area contributed by atoms with Crippen LogP contribution in [0.5, 0.6) is 0 Å². The third kappa shape index (κ3) is 4.25. The molecule has 0 unspecified atom stereocenters. The fourth-order valence-corrected chi connectivity index (χ4v) is 5.05. The van der Waals surface area contributed by atoms with Crippen molar-refractivity contribution in [2.75, 3.05) is 0 Å². The summed E-state index contributed by atoms with van der Waals surface area (Å²) in [5.41, 5.74) is 4.81. The van der Waals surface area contributed by atoms with E-state index < -0.39 is 0 Å². The van der Waals surface area contributed by atoms with Crippen LogP contribution in [0.1, 0.15) is 43.9 Å². The van der Waals surface area contributed by atoms with Crippen molar-refractivity contribution in [2.45, 2.75) is 48.0 Å². The first-order chi connectivity index (χ1) is 7.29. The van der Waals surface area contributed by atoms with Crippen LogP contribution in [0, 0.1) is 26.2 Å². The van der Waals surface area contributed by atoms with Crippen molar-refractivity contribution in [3.05, 3.63) is 28.8 Å². The van der Waals surface area contributed by atoms with E-state index in [0.717, 1.165) is 0 Å². The Morgan fingerprint density at radius 2 is 1.56 bits per heavy atom. The molecule has 1 rings (SSSR count). The van der Waals surface area contributed by atoms with E-state index in [1.165, 1.54) is 23.1 Å². The van der Waals surface area contributed by atoms with E-state index in [0.29, 0.717) is 5.41 Å². The molecule has 0 aliphatic heterocycles. The van der Waals surface area contributed by atoms with Crippen molar-refractivity contribution < 1.29 is 0 Å². The molecule has 1 heteroatoms. The quantitative estimate of drug-likeness (QED) is 0.728. The van der Waals surface area contributed by atoms with Crippen molar-refractivity contribution in [1.82, 2.24) is 0 Å². The molecule has 0 bridgehead atoms. The number of aryl methyl sites for hydroxylation is 3. The molecule has 0 N–H and O–H groups in total. The third-order valence-corrected chi connectivity index (χ3v) is 5.75. The molecule has 0 aliphatic carbocycles. The summed E-state index contributed by atoms with van der Waals surface area (Å²) in [7, 11) is 0. The van der Waals surface area contributed by atoms with Gasteiger partial charge in [-0.3, -0.25) is 0 Å². The fourth-order valence-electron chi connectivity index (χ4n) is 1.87. The van der Waals surface area contributed by atoms with Gasteiger partial charge in [-0.15, -0.1) is 0 Å². The van der Waals surface area contributed by atoms with Crippen LogP contribution < -0.4 is 4.40 Å². The van der Waals surface area contributed by atoms with E-state index in [2.05, 4.69) is 58.5 Å². The molecule has 0 atom stereocenters. The topological polar surface area (TPSA) is 0 Å². The van der Waals surface area contributed by atoms with Crippen molar-refractivity contribution in [1.29, 1.82) is 0 Å². The van der Waals surface area contributed by atoms with Gasteiger partial charge in [0, 0.05) is 0 Å². The standard InChI is InChI=1S/C15H23Ge/c1-11-9-12(2)14(13(3)10-11)16-8-7-15(4,5)6/h8-10H,7H2,1-6H3. The Morgan fingerprint density at radius 1 is 1.06 bits per heavy atom. The maximum atomic E-state index is 2.55. The average molecular weight is 276 g/mol. The summed E-state index contributed by atoms with van der Waals surface area (Å²) in [4.78, 5) is 2.55. The molecular weight excluding hydrogens is 253 g/mol. The summed E-state index contributed by atoms with van der Waals surface area (Å²) in [6.45, 7) is 13.6. The molecule has 0 saturated carbocycles. The zero-order chi connectivity index (χ0) is 12.3. The van der Waals surface area contributed by atoms with Gasteiger partial charge < -0.3 is 0 Å². The first-order valence-corrected chi connectivity index (χ1v) is 8.22. The van der Waals surface area contributed by atoms with Gasteiger partial charge >= 0.3 is 106 Å². The van der Waals surface area contributed by atoms with Crippen LogP contribution in [0.3, 0.4) is 0 Å². The number of rotatable bonds is 2. The minimum absolute atomic E-state index is 0.0604. The van der Waals surface area contributed by atoms with E-state index in [-0.39, 0.29) is 15.0 Å². The fraction of sp³-hybridized carbons (Fsp3) is 0.533. The van der Waals surface area contributed by atoms with Crippen molar-refractivity contribution in [3.63, 3.8) is 0 Å². The molecule has 1 aromatic rings. The summed E-state index contributed by atoms with van der Waals surface area (Å²) in [6, 6.07) is 4.63. The molecule has 1 radical (unpaired) electrons. The van der Waals surface area contributed by atoms with E-state index in [4.69, 9.17) is 0 Å². The van der Waals surface area contributed by atoms with Gasteiger partial charge in [-0.2, -0.15) is 0 Å². The van der Waals surface area contributed by atoms with Gasteiger partial charge in [0.25, 0.3) is 0 Å². The molecule has 0 saturated heterocycles. The molecule has 0 heterocycles. The summed E-state index contributed by atoms with van der Waals surface area (Å²) in [6.07, 6.45) is 1.24. The summed E-state index contributed by atoms with van der Waals surface area (Å²) < 4.78 is 1.63. The van der Waals surface area contributed by atoms with Crippen LogP contribution in [-0.4, -0.2) is 19.8 Å². The first-order valence-electron chi connectivity index (χ1n) is 5.96. The molecule has 0 spiro atoms. The summed E-state index contributed by atoms with van der Waals surface area (Å²) in [5, 5.41) is 0. The van der Waals surface area contributed by atoms with Crippen LogP contribution in [0.2, 0.25) is 0 Å². The number of hydrogen-bond acceptors (Lipinski definition) is 0. The monoisotopic (exact) mass is 277 g/mol. The molecular formula is C15H23Ge. The summed E-state index contributed by atoms with van der Waals surface area (Å²) in [5.74, 6) is 0. The molecule has 0 amide bonds. The van der Waals surface area contributed by atoms with Crippen LogP contribution in [-0.2, 0) is 0 Å². The van der Waals surface area contributed by atoms with Gasteiger partial charge in [0.1, 0.15) is 0 Å². The van der Waals surface area contributed by atoms with Gasteiger partial charge in [-0.25, -0.2) is 0 Å². The molecule has 16 heavy (non-hydrogen) atoms. The Labute approximate surface area is 106 Å². The van der Waals surface area contributed by atoms with Gasteiger partial charge in [-0.05, 0) is 0 Å². The van der Waals surface area contributed by atoms with E-state index >= 15 is 0 Å². The zero-order valence-electron chi connectivity index (χ0n) is 11.4. The second-order valence-corrected chi connectivity index (χ2v) is 8.40. The normalized spacial score (nSPS) is 12.4. The van der Waals surface area contributed by atoms with Gasteiger partial charge in [0.15, 0.2) is 0 Å². The van der Waals surface area contributed by atoms with Gasteiger partial charge in [0.05, 0.1) is 0 Å². The van der Waals surface area contributed by atoms with Gasteiger partial charge in [-0.1, -0.05) is 0 Å². The Kier molecular flexibility index (Phi) is 4.54. The van der Waals surface area contributed by atoms with Crippen LogP contribution in [0.25, 0.3) is 0 Å². The van der Waals surface area contributed by atoms with Crippen molar-refractivity contribution in [2.24, 2.45) is 5.41 Å². The average Bonchev–Trinajstić information content (AvgIpc) is 2.07. The molecule has 0 aromatic heterocycles. The maximum absolute atomic E-state index is 2.55. The van der Waals surface area contributed by atoms with Crippen molar-refractivity contribution in [3.8, 4) is 0 Å². The molecule has 0 nitrogen and oxygen atoms in total. The van der Waals surface area contributed by atoms with Crippen molar-refractivity contribution >= 4 is 24.2 Å². The molecule has 0 aliphatic rings. The van der Waals surface area contributed by atoms with Gasteiger partial charge in [0.2, 0.25) is 0 Å². The van der Waals surface area contributed by atoms with Crippen LogP contribution >= 0.6 is 0 Å². The number of hydrogen-bond donors (Lipinski definition) is 0. The zero-order valence-corrected chi connectivity index (χ0v) is 13.5. The molecule has 1 aromatic carbocycles. The van der Waals surface area contributed by atoms with E-state index in [9.17, 15) is 0 Å². The third-order valence-electron chi connectivity index (χ3n) is 2.64.